The molecule has 0 unspecified atom stereocenters. The highest BCUT2D eigenvalue weighted by atomic mass is 15.3. The lowest BCUT2D eigenvalue weighted by atomic mass is 9.95. The third kappa shape index (κ3) is 2.68. The Labute approximate surface area is 147 Å². The van der Waals surface area contributed by atoms with Crippen molar-refractivity contribution in [3.05, 3.63) is 48.2 Å². The quantitative estimate of drug-likeness (QED) is 0.730. The molecule has 1 aliphatic heterocycles. The van der Waals surface area contributed by atoms with Crippen LogP contribution in [0.25, 0.3) is 10.9 Å². The molecule has 0 amide bonds. The lowest BCUT2D eigenvalue weighted by molar-refractivity contribution is 0.465. The first-order chi connectivity index (χ1) is 12.3. The summed E-state index contributed by atoms with van der Waals surface area (Å²) >= 11 is 0. The third-order valence-corrected chi connectivity index (χ3v) is 5.56. The van der Waals surface area contributed by atoms with Gasteiger partial charge in [0.1, 0.15) is 12.2 Å². The molecular weight excluding hydrogens is 310 g/mol. The summed E-state index contributed by atoms with van der Waals surface area (Å²) < 4.78 is 2.33. The molecule has 2 aromatic heterocycles. The van der Waals surface area contributed by atoms with E-state index < -0.39 is 0 Å². The van der Waals surface area contributed by atoms with Crippen LogP contribution in [-0.2, 0) is 0 Å². The van der Waals surface area contributed by atoms with E-state index in [1.54, 1.807) is 0 Å². The van der Waals surface area contributed by atoms with E-state index in [0.29, 0.717) is 12.0 Å². The summed E-state index contributed by atoms with van der Waals surface area (Å²) in [5.41, 5.74) is 3.50. The van der Waals surface area contributed by atoms with Gasteiger partial charge in [0.15, 0.2) is 0 Å². The van der Waals surface area contributed by atoms with Crippen LogP contribution in [0.1, 0.15) is 49.2 Å². The first kappa shape index (κ1) is 14.9. The van der Waals surface area contributed by atoms with Gasteiger partial charge in [-0.15, -0.1) is 10.2 Å². The number of hydrogen-bond acceptors (Lipinski definition) is 4. The number of rotatable bonds is 3. The zero-order valence-electron chi connectivity index (χ0n) is 14.6. The Morgan fingerprint density at radius 1 is 1.04 bits per heavy atom. The standard InChI is InChI=1S/C20H23N5/c1-14-12-19(17-4-2-3-5-18(17)22-14)24-10-8-15(9-11-24)20-23-21-13-25(20)16-6-7-16/h2-5,12-13,15-16H,6-11H2,1H3. The Hall–Kier alpha value is -2.43. The van der Waals surface area contributed by atoms with E-state index in [4.69, 9.17) is 0 Å². The minimum Gasteiger partial charge on any atom is -0.371 e. The maximum Gasteiger partial charge on any atom is 0.136 e. The summed E-state index contributed by atoms with van der Waals surface area (Å²) in [6.07, 6.45) is 6.78. The first-order valence-electron chi connectivity index (χ1n) is 9.30. The van der Waals surface area contributed by atoms with E-state index >= 15 is 0 Å². The summed E-state index contributed by atoms with van der Waals surface area (Å²) in [4.78, 5) is 7.20. The zero-order valence-corrected chi connectivity index (χ0v) is 14.6. The van der Waals surface area contributed by atoms with Crippen LogP contribution in [0.2, 0.25) is 0 Å². The Morgan fingerprint density at radius 3 is 2.64 bits per heavy atom. The number of nitrogens with zero attached hydrogens (tertiary/aromatic N) is 5. The summed E-state index contributed by atoms with van der Waals surface area (Å²) in [6.45, 7) is 4.21. The maximum atomic E-state index is 4.68. The van der Waals surface area contributed by atoms with Crippen LogP contribution in [0.15, 0.2) is 36.7 Å². The van der Waals surface area contributed by atoms with E-state index in [9.17, 15) is 0 Å². The molecule has 25 heavy (non-hydrogen) atoms. The second-order valence-corrected chi connectivity index (χ2v) is 7.39. The second-order valence-electron chi connectivity index (χ2n) is 7.39. The maximum absolute atomic E-state index is 4.68. The van der Waals surface area contributed by atoms with Crippen molar-refractivity contribution in [2.24, 2.45) is 0 Å². The molecule has 5 rings (SSSR count). The molecule has 5 heteroatoms. The number of hydrogen-bond donors (Lipinski definition) is 0. The normalized spacial score (nSPS) is 18.8. The minimum atomic E-state index is 0.536. The average Bonchev–Trinajstić information content (AvgIpc) is 3.38. The summed E-state index contributed by atoms with van der Waals surface area (Å²) in [7, 11) is 0. The van der Waals surface area contributed by atoms with E-state index in [1.807, 2.05) is 6.33 Å². The molecule has 0 spiro atoms. The van der Waals surface area contributed by atoms with E-state index in [1.165, 1.54) is 29.7 Å². The van der Waals surface area contributed by atoms with Gasteiger partial charge < -0.3 is 9.47 Å². The van der Waals surface area contributed by atoms with Gasteiger partial charge in [0.2, 0.25) is 0 Å². The predicted molar refractivity (Wildman–Crippen MR) is 99.0 cm³/mol. The highest BCUT2D eigenvalue weighted by Crippen LogP contribution is 2.39. The molecule has 3 aromatic rings. The van der Waals surface area contributed by atoms with Crippen molar-refractivity contribution in [1.29, 1.82) is 0 Å². The number of aromatic nitrogens is 4. The van der Waals surface area contributed by atoms with Gasteiger partial charge in [0.05, 0.1) is 5.52 Å². The van der Waals surface area contributed by atoms with Crippen LogP contribution in [0, 0.1) is 6.92 Å². The van der Waals surface area contributed by atoms with E-state index in [-0.39, 0.29) is 0 Å². The molecule has 0 radical (unpaired) electrons. The van der Waals surface area contributed by atoms with Gasteiger partial charge in [0, 0.05) is 41.8 Å². The Kier molecular flexibility index (Phi) is 3.47. The molecule has 3 heterocycles. The first-order valence-corrected chi connectivity index (χ1v) is 9.30. The Morgan fingerprint density at radius 2 is 1.84 bits per heavy atom. The van der Waals surface area contributed by atoms with Gasteiger partial charge >= 0.3 is 0 Å². The highest BCUT2D eigenvalue weighted by molar-refractivity contribution is 5.92. The monoisotopic (exact) mass is 333 g/mol. The van der Waals surface area contributed by atoms with Crippen LogP contribution < -0.4 is 4.90 Å². The number of anilines is 1. The molecule has 1 saturated carbocycles. The number of piperidine rings is 1. The predicted octanol–water partition coefficient (Wildman–Crippen LogP) is 3.85. The van der Waals surface area contributed by atoms with Gasteiger partial charge in [0.25, 0.3) is 0 Å². The number of fused-ring (bicyclic) bond motifs is 1. The van der Waals surface area contributed by atoms with Crippen LogP contribution >= 0.6 is 0 Å². The molecule has 2 fully saturated rings. The number of para-hydroxylation sites is 1. The molecule has 1 aromatic carbocycles. The molecule has 2 aliphatic rings. The van der Waals surface area contributed by atoms with Gasteiger partial charge in [-0.25, -0.2) is 0 Å². The molecule has 0 N–H and O–H groups in total. The molecule has 128 valence electrons. The van der Waals surface area contributed by atoms with Gasteiger partial charge in [-0.3, -0.25) is 4.98 Å². The zero-order chi connectivity index (χ0) is 16.8. The Bertz CT molecular complexity index is 903. The van der Waals surface area contributed by atoms with Crippen molar-refractivity contribution in [2.45, 2.75) is 44.6 Å². The topological polar surface area (TPSA) is 46.8 Å². The lowest BCUT2D eigenvalue weighted by Crippen LogP contribution is -2.34. The molecule has 1 aliphatic carbocycles. The smallest absolute Gasteiger partial charge is 0.136 e. The fourth-order valence-electron chi connectivity index (χ4n) is 4.10. The van der Waals surface area contributed by atoms with Crippen molar-refractivity contribution in [3.63, 3.8) is 0 Å². The number of aryl methyl sites for hydroxylation is 1. The molecular formula is C20H23N5. The second kappa shape index (κ2) is 5.83. The minimum absolute atomic E-state index is 0.536. The molecule has 5 nitrogen and oxygen atoms in total. The largest absolute Gasteiger partial charge is 0.371 e. The summed E-state index contributed by atoms with van der Waals surface area (Å²) in [5.74, 6) is 1.74. The van der Waals surface area contributed by atoms with Crippen LogP contribution in [-0.4, -0.2) is 32.8 Å². The van der Waals surface area contributed by atoms with E-state index in [2.05, 4.69) is 61.9 Å². The van der Waals surface area contributed by atoms with Crippen molar-refractivity contribution in [2.75, 3.05) is 18.0 Å². The van der Waals surface area contributed by atoms with E-state index in [0.717, 1.165) is 37.1 Å². The van der Waals surface area contributed by atoms with Crippen molar-refractivity contribution < 1.29 is 0 Å². The third-order valence-electron chi connectivity index (χ3n) is 5.56. The summed E-state index contributed by atoms with van der Waals surface area (Å²) in [5, 5.41) is 9.88. The molecule has 1 saturated heterocycles. The van der Waals surface area contributed by atoms with Gasteiger partial charge in [-0.05, 0) is 44.7 Å². The van der Waals surface area contributed by atoms with Gasteiger partial charge in [-0.2, -0.15) is 0 Å². The highest BCUT2D eigenvalue weighted by Gasteiger charge is 2.31. The van der Waals surface area contributed by atoms with Gasteiger partial charge in [-0.1, -0.05) is 18.2 Å². The molecule has 0 atom stereocenters. The number of pyridine rings is 1. The van der Waals surface area contributed by atoms with Crippen LogP contribution in [0.3, 0.4) is 0 Å². The SMILES string of the molecule is Cc1cc(N2CCC(c3nncn3C3CC3)CC2)c2ccccc2n1. The van der Waals surface area contributed by atoms with Crippen molar-refractivity contribution in [1.82, 2.24) is 19.7 Å². The Balaban J connectivity index is 1.39. The average molecular weight is 333 g/mol. The fourth-order valence-corrected chi connectivity index (χ4v) is 4.10. The van der Waals surface area contributed by atoms with Crippen LogP contribution in [0.5, 0.6) is 0 Å². The fraction of sp³-hybridized carbons (Fsp3) is 0.450. The molecule has 0 bridgehead atoms. The van der Waals surface area contributed by atoms with Crippen molar-refractivity contribution >= 4 is 16.6 Å². The lowest BCUT2D eigenvalue weighted by Gasteiger charge is -2.34. The summed E-state index contributed by atoms with van der Waals surface area (Å²) in [6, 6.07) is 11.4. The van der Waals surface area contributed by atoms with Crippen LogP contribution in [0.4, 0.5) is 5.69 Å². The van der Waals surface area contributed by atoms with Crippen molar-refractivity contribution in [3.8, 4) is 0 Å². The number of benzene rings is 1.